The fourth-order valence-corrected chi connectivity index (χ4v) is 0.953. The fourth-order valence-electron chi connectivity index (χ4n) is 0.953. The van der Waals surface area contributed by atoms with Gasteiger partial charge in [-0.05, 0) is 12.1 Å². The van der Waals surface area contributed by atoms with Crippen LogP contribution in [0.2, 0.25) is 0 Å². The van der Waals surface area contributed by atoms with Gasteiger partial charge in [0.15, 0.2) is 6.19 Å². The molecule has 0 atom stereocenters. The van der Waals surface area contributed by atoms with Gasteiger partial charge in [-0.15, -0.1) is 0 Å². The van der Waals surface area contributed by atoms with Crippen molar-refractivity contribution in [3.63, 3.8) is 0 Å². The molecule has 1 aromatic rings. The van der Waals surface area contributed by atoms with Gasteiger partial charge in [-0.3, -0.25) is 9.78 Å². The highest BCUT2D eigenvalue weighted by Crippen LogP contribution is 2.07. The average molecular weight is 205 g/mol. The van der Waals surface area contributed by atoms with Crippen molar-refractivity contribution in [3.05, 3.63) is 29.6 Å². The number of nitrogens with zero attached hydrogens (tertiary/aromatic N) is 3. The van der Waals surface area contributed by atoms with Gasteiger partial charge in [0.1, 0.15) is 5.69 Å². The zero-order valence-corrected chi connectivity index (χ0v) is 7.84. The molecule has 1 amide bonds. The summed E-state index contributed by atoms with van der Waals surface area (Å²) >= 11 is 0. The molecule has 0 aliphatic heterocycles. The lowest BCUT2D eigenvalue weighted by Gasteiger charge is -2.07. The minimum Gasteiger partial charge on any atom is -0.478 e. The van der Waals surface area contributed by atoms with Gasteiger partial charge in [-0.25, -0.2) is 9.69 Å². The van der Waals surface area contributed by atoms with Gasteiger partial charge in [0.25, 0.3) is 5.91 Å². The molecule has 6 nitrogen and oxygen atoms in total. The summed E-state index contributed by atoms with van der Waals surface area (Å²) in [5, 5.41) is 17.3. The summed E-state index contributed by atoms with van der Waals surface area (Å²) in [6.07, 6.45) is 2.88. The molecule has 0 aliphatic rings. The van der Waals surface area contributed by atoms with Crippen molar-refractivity contribution in [1.82, 2.24) is 9.88 Å². The highest BCUT2D eigenvalue weighted by Gasteiger charge is 2.20. The molecule has 1 aromatic heterocycles. The maximum atomic E-state index is 11.5. The maximum absolute atomic E-state index is 11.5. The van der Waals surface area contributed by atoms with Gasteiger partial charge < -0.3 is 5.11 Å². The normalized spacial score (nSPS) is 9.07. The summed E-state index contributed by atoms with van der Waals surface area (Å²) in [5.41, 5.74) is -0.460. The standard InChI is InChI=1S/C9H7N3O3/c1-12(5-10)8(13)7-6(9(14)15)3-2-4-11-7/h2-4H,1H3,(H,14,15). The molecule has 0 fully saturated rings. The minimum atomic E-state index is -1.25. The van der Waals surface area contributed by atoms with Crippen molar-refractivity contribution in [1.29, 1.82) is 5.26 Å². The summed E-state index contributed by atoms with van der Waals surface area (Å²) in [5.74, 6) is -1.99. The van der Waals surface area contributed by atoms with E-state index in [1.807, 2.05) is 0 Å². The Bertz CT molecular complexity index is 450. The third kappa shape index (κ3) is 2.08. The van der Waals surface area contributed by atoms with Crippen LogP contribution >= 0.6 is 0 Å². The van der Waals surface area contributed by atoms with Crippen LogP contribution in [0.15, 0.2) is 18.3 Å². The number of rotatable bonds is 2. The molecule has 0 bridgehead atoms. The summed E-state index contributed by atoms with van der Waals surface area (Å²) < 4.78 is 0. The van der Waals surface area contributed by atoms with E-state index in [0.717, 1.165) is 4.90 Å². The maximum Gasteiger partial charge on any atom is 0.338 e. The lowest BCUT2D eigenvalue weighted by atomic mass is 10.2. The van der Waals surface area contributed by atoms with E-state index in [4.69, 9.17) is 10.4 Å². The molecule has 15 heavy (non-hydrogen) atoms. The van der Waals surface area contributed by atoms with Crippen LogP contribution in [0.1, 0.15) is 20.8 Å². The molecule has 0 aliphatic carbocycles. The molecule has 6 heteroatoms. The van der Waals surface area contributed by atoms with Crippen molar-refractivity contribution in [3.8, 4) is 6.19 Å². The lowest BCUT2D eigenvalue weighted by molar-refractivity contribution is 0.0685. The highest BCUT2D eigenvalue weighted by atomic mass is 16.4. The van der Waals surface area contributed by atoms with E-state index in [2.05, 4.69) is 4.98 Å². The molecular formula is C9H7N3O3. The number of carboxylic acids is 1. The van der Waals surface area contributed by atoms with Crippen LogP contribution in [-0.2, 0) is 0 Å². The third-order valence-corrected chi connectivity index (χ3v) is 1.70. The molecule has 0 unspecified atom stereocenters. The van der Waals surface area contributed by atoms with E-state index in [1.165, 1.54) is 25.4 Å². The van der Waals surface area contributed by atoms with Gasteiger partial charge in [-0.2, -0.15) is 5.26 Å². The van der Waals surface area contributed by atoms with Crippen LogP contribution in [-0.4, -0.2) is 33.9 Å². The van der Waals surface area contributed by atoms with Crippen LogP contribution in [0, 0.1) is 11.5 Å². The van der Waals surface area contributed by atoms with Crippen LogP contribution < -0.4 is 0 Å². The van der Waals surface area contributed by atoms with Crippen LogP contribution in [0.3, 0.4) is 0 Å². The topological polar surface area (TPSA) is 94.3 Å². The number of aromatic nitrogens is 1. The van der Waals surface area contributed by atoms with E-state index in [0.29, 0.717) is 0 Å². The molecule has 0 spiro atoms. The fraction of sp³-hybridized carbons (Fsp3) is 0.111. The molecule has 0 saturated carbocycles. The second kappa shape index (κ2) is 4.19. The van der Waals surface area contributed by atoms with E-state index in [9.17, 15) is 9.59 Å². The van der Waals surface area contributed by atoms with E-state index >= 15 is 0 Å². The van der Waals surface area contributed by atoms with Gasteiger partial charge in [0.05, 0.1) is 5.56 Å². The first-order valence-corrected chi connectivity index (χ1v) is 3.94. The molecular weight excluding hydrogens is 198 g/mol. The van der Waals surface area contributed by atoms with Crippen LogP contribution in [0.25, 0.3) is 0 Å². The predicted octanol–water partition coefficient (Wildman–Crippen LogP) is 0.333. The van der Waals surface area contributed by atoms with Crippen molar-refractivity contribution in [2.75, 3.05) is 7.05 Å². The number of nitriles is 1. The number of carbonyl (C=O) groups is 2. The SMILES string of the molecule is CN(C#N)C(=O)c1ncccc1C(=O)O. The second-order valence-electron chi connectivity index (χ2n) is 2.67. The van der Waals surface area contributed by atoms with Gasteiger partial charge in [0.2, 0.25) is 0 Å². The van der Waals surface area contributed by atoms with E-state index in [1.54, 1.807) is 6.19 Å². The zero-order valence-electron chi connectivity index (χ0n) is 7.84. The quantitative estimate of drug-likeness (QED) is 0.554. The average Bonchev–Trinajstić information content (AvgIpc) is 2.27. The van der Waals surface area contributed by atoms with Gasteiger partial charge >= 0.3 is 5.97 Å². The summed E-state index contributed by atoms with van der Waals surface area (Å²) in [7, 11) is 1.24. The van der Waals surface area contributed by atoms with Crippen molar-refractivity contribution in [2.45, 2.75) is 0 Å². The molecule has 76 valence electrons. The second-order valence-corrected chi connectivity index (χ2v) is 2.67. The van der Waals surface area contributed by atoms with Gasteiger partial charge in [-0.1, -0.05) is 0 Å². The monoisotopic (exact) mass is 205 g/mol. The Balaban J connectivity index is 3.21. The smallest absolute Gasteiger partial charge is 0.338 e. The van der Waals surface area contributed by atoms with Crippen molar-refractivity contribution >= 4 is 11.9 Å². The molecule has 1 rings (SSSR count). The van der Waals surface area contributed by atoms with E-state index < -0.39 is 11.9 Å². The minimum absolute atomic E-state index is 0.218. The highest BCUT2D eigenvalue weighted by molar-refractivity contribution is 6.03. The number of pyridine rings is 1. The number of aromatic carboxylic acids is 1. The van der Waals surface area contributed by atoms with Gasteiger partial charge in [0, 0.05) is 13.2 Å². The Morgan fingerprint density at radius 3 is 2.80 bits per heavy atom. The summed E-state index contributed by atoms with van der Waals surface area (Å²) in [6, 6.07) is 2.67. The van der Waals surface area contributed by atoms with Crippen LogP contribution in [0.5, 0.6) is 0 Å². The number of hydrogen-bond donors (Lipinski definition) is 1. The molecule has 0 aromatic carbocycles. The van der Waals surface area contributed by atoms with Crippen molar-refractivity contribution in [2.24, 2.45) is 0 Å². The number of hydrogen-bond acceptors (Lipinski definition) is 4. The van der Waals surface area contributed by atoms with Crippen LogP contribution in [0.4, 0.5) is 0 Å². The molecule has 1 heterocycles. The first kappa shape index (κ1) is 10.7. The summed E-state index contributed by atoms with van der Waals surface area (Å²) in [6.45, 7) is 0. The Morgan fingerprint density at radius 2 is 2.27 bits per heavy atom. The molecule has 1 N–H and O–H groups in total. The lowest BCUT2D eigenvalue weighted by Crippen LogP contribution is -2.24. The van der Waals surface area contributed by atoms with Crippen molar-refractivity contribution < 1.29 is 14.7 Å². The molecule has 0 saturated heterocycles. The number of carboxylic acid groups (broad SMARTS) is 1. The number of carbonyl (C=O) groups excluding carboxylic acids is 1. The predicted molar refractivity (Wildman–Crippen MR) is 48.9 cm³/mol. The first-order valence-electron chi connectivity index (χ1n) is 3.94. The van der Waals surface area contributed by atoms with E-state index in [-0.39, 0.29) is 11.3 Å². The first-order chi connectivity index (χ1) is 7.07. The summed E-state index contributed by atoms with van der Waals surface area (Å²) in [4.78, 5) is 26.6. The zero-order chi connectivity index (χ0) is 11.4. The Hall–Kier alpha value is -2.42. The Kier molecular flexibility index (Phi) is 2.98. The third-order valence-electron chi connectivity index (χ3n) is 1.70. The largest absolute Gasteiger partial charge is 0.478 e. The molecule has 0 radical (unpaired) electrons. The Morgan fingerprint density at radius 1 is 1.60 bits per heavy atom. The number of amides is 1. The Labute approximate surface area is 85.4 Å².